The summed E-state index contributed by atoms with van der Waals surface area (Å²) in [6.07, 6.45) is -3.10. The lowest BCUT2D eigenvalue weighted by Gasteiger charge is -2.20. The van der Waals surface area contributed by atoms with Crippen LogP contribution < -0.4 is 0 Å². The van der Waals surface area contributed by atoms with E-state index in [1.165, 1.54) is 30.3 Å². The summed E-state index contributed by atoms with van der Waals surface area (Å²) >= 11 is 0. The Kier molecular flexibility index (Phi) is 11.1. The van der Waals surface area contributed by atoms with Crippen molar-refractivity contribution in [3.63, 3.8) is 0 Å². The van der Waals surface area contributed by atoms with E-state index < -0.39 is 159 Å². The van der Waals surface area contributed by atoms with Crippen LogP contribution in [0.5, 0.6) is 0 Å². The number of nitrogens with zero attached hydrogens (tertiary/aromatic N) is 8. The Morgan fingerprint density at radius 3 is 1.47 bits per heavy atom. The molecule has 0 N–H and O–H groups in total. The molecule has 0 radical (unpaired) electrons. The van der Waals surface area contributed by atoms with E-state index in [2.05, 4.69) is 14.5 Å². The van der Waals surface area contributed by atoms with Crippen LogP contribution in [0.25, 0.3) is 59.4 Å². The summed E-state index contributed by atoms with van der Waals surface area (Å²) < 4.78 is 153. The minimum absolute atomic E-state index is 0.0980. The first-order valence-electron chi connectivity index (χ1n) is 18.1. The maximum absolute atomic E-state index is 16.1. The number of fused-ring (bicyclic) bond motifs is 2. The van der Waals surface area contributed by atoms with Crippen LogP contribution in [-0.2, 0) is 0 Å². The third-order valence-electron chi connectivity index (χ3n) is 10.6. The predicted molar refractivity (Wildman–Crippen MR) is 214 cm³/mol. The third kappa shape index (κ3) is 6.15. The number of hydrogen-bond acceptors (Lipinski definition) is 5. The Hall–Kier alpha value is -9.72. The molecule has 0 fully saturated rings. The van der Waals surface area contributed by atoms with Crippen LogP contribution >= 0.6 is 0 Å². The lowest BCUT2D eigenvalue weighted by molar-refractivity contribution is 0.151. The molecule has 5 aromatic rings. The molecule has 0 saturated carbocycles. The van der Waals surface area contributed by atoms with Crippen LogP contribution in [0.15, 0.2) is 48.5 Å². The van der Waals surface area contributed by atoms with Gasteiger partial charge in [0.05, 0.1) is 59.2 Å². The fourth-order valence-electron chi connectivity index (χ4n) is 7.85. The Morgan fingerprint density at radius 2 is 1.02 bits per heavy atom. The second-order valence-corrected chi connectivity index (χ2v) is 13.9. The van der Waals surface area contributed by atoms with Gasteiger partial charge in [0.1, 0.15) is 29.8 Å². The zero-order valence-electron chi connectivity index (χ0n) is 32.6. The van der Waals surface area contributed by atoms with Crippen LogP contribution in [0.1, 0.15) is 78.8 Å². The summed E-state index contributed by atoms with van der Waals surface area (Å²) in [6, 6.07) is 16.5. The van der Waals surface area contributed by atoms with E-state index in [0.717, 1.165) is 30.3 Å². The SMILES string of the molecule is [C-]#[N+]C1=C(c2ccc(C)cc2)/C(=C(/C#N)c2c(F)c(F)c([N+]#[C-])c(F)c2F)c2c(C#N)c3c(c(C#N)c21)C(C#N)=C(c1ccc(C(F)F)cc1)/C3=C(/[N+]#[C-])c1c(F)c(F)c(C#N)c(F)c1F. The molecular formula is C48H12F10N8. The number of aryl methyl sites for hydroxylation is 1. The molecule has 0 unspecified atom stereocenters. The fraction of sp³-hybridized carbons (Fsp3) is 0.0417. The van der Waals surface area contributed by atoms with Crippen molar-refractivity contribution in [2.45, 2.75) is 13.3 Å². The molecule has 0 heterocycles. The molecule has 0 atom stereocenters. The highest BCUT2D eigenvalue weighted by Gasteiger charge is 2.45. The average Bonchev–Trinajstić information content (AvgIpc) is 3.83. The summed E-state index contributed by atoms with van der Waals surface area (Å²) in [5.41, 5.74) is -19.9. The van der Waals surface area contributed by atoms with Crippen LogP contribution in [0, 0.1) is 130 Å². The molecule has 8 nitrogen and oxygen atoms in total. The normalized spacial score (nSPS) is 13.9. The van der Waals surface area contributed by atoms with E-state index in [-0.39, 0.29) is 11.1 Å². The quantitative estimate of drug-likeness (QED) is 0.0750. The third-order valence-corrected chi connectivity index (χ3v) is 10.6. The van der Waals surface area contributed by atoms with Gasteiger partial charge in [-0.2, -0.15) is 26.3 Å². The summed E-state index contributed by atoms with van der Waals surface area (Å²) in [7, 11) is 0. The smallest absolute Gasteiger partial charge is 0.237 e. The number of alkyl halides is 2. The molecule has 18 heteroatoms. The molecule has 2 aliphatic carbocycles. The Bertz CT molecular complexity index is 3560. The lowest BCUT2D eigenvalue weighted by atomic mass is 9.81. The second kappa shape index (κ2) is 16.5. The van der Waals surface area contributed by atoms with Gasteiger partial charge < -0.3 is 0 Å². The maximum Gasteiger partial charge on any atom is 0.263 e. The van der Waals surface area contributed by atoms with Gasteiger partial charge in [0.15, 0.2) is 46.5 Å². The molecule has 7 rings (SSSR count). The molecule has 0 amide bonds. The minimum Gasteiger partial charge on any atom is -0.237 e. The summed E-state index contributed by atoms with van der Waals surface area (Å²) in [5.74, 6) is -18.5. The van der Waals surface area contributed by atoms with Gasteiger partial charge in [-0.1, -0.05) is 54.1 Å². The number of nitriles is 5. The molecule has 2 aliphatic rings. The topological polar surface area (TPSA) is 132 Å². The van der Waals surface area contributed by atoms with Crippen molar-refractivity contribution < 1.29 is 43.9 Å². The van der Waals surface area contributed by atoms with Gasteiger partial charge in [0.25, 0.3) is 12.1 Å². The fourth-order valence-corrected chi connectivity index (χ4v) is 7.85. The Labute approximate surface area is 365 Å². The van der Waals surface area contributed by atoms with E-state index in [4.69, 9.17) is 19.7 Å². The summed E-state index contributed by atoms with van der Waals surface area (Å²) in [6.45, 7) is 25.2. The van der Waals surface area contributed by atoms with E-state index >= 15 is 35.1 Å². The van der Waals surface area contributed by atoms with Crippen molar-refractivity contribution in [1.82, 2.24) is 0 Å². The summed E-state index contributed by atoms with van der Waals surface area (Å²) in [5, 5.41) is 53.1. The average molecular weight is 891 g/mol. The predicted octanol–water partition coefficient (Wildman–Crippen LogP) is 12.7. The molecule has 314 valence electrons. The van der Waals surface area contributed by atoms with Gasteiger partial charge in [-0.3, -0.25) is 0 Å². The first-order valence-corrected chi connectivity index (χ1v) is 18.1. The molecule has 5 aromatic carbocycles. The van der Waals surface area contributed by atoms with Crippen LogP contribution in [0.2, 0.25) is 0 Å². The monoisotopic (exact) mass is 890 g/mol. The largest absolute Gasteiger partial charge is 0.263 e. The number of rotatable bonds is 5. The van der Waals surface area contributed by atoms with Crippen molar-refractivity contribution >= 4 is 50.5 Å². The first-order chi connectivity index (χ1) is 31.5. The molecule has 66 heavy (non-hydrogen) atoms. The van der Waals surface area contributed by atoms with E-state index in [1.54, 1.807) is 25.1 Å². The van der Waals surface area contributed by atoms with Crippen LogP contribution in [0.3, 0.4) is 0 Å². The zero-order valence-corrected chi connectivity index (χ0v) is 32.6. The van der Waals surface area contributed by atoms with Gasteiger partial charge in [-0.05, 0) is 45.9 Å². The number of halogens is 10. The number of hydrogen-bond donors (Lipinski definition) is 0. The standard InChI is InChI=1S/C48H12F10N8/c1-18-5-7-20(8-6-18)28-30(25(16-62)34-39(51)43(55)47(66-4)44(56)40(34)52)32-24(15-61)31-29(23(14-60)33(32)45(28)64-2)22(13-59)27(19-9-11-21(12-10-19)48(57)58)35(31)46(65-3)36-41(53)37(49)26(17-63)38(50)42(36)54/h5-12,48H,1H3/b30-25+,46-35-. The van der Waals surface area contributed by atoms with E-state index in [0.29, 0.717) is 5.56 Å². The van der Waals surface area contributed by atoms with Gasteiger partial charge in [-0.15, -0.1) is 0 Å². The summed E-state index contributed by atoms with van der Waals surface area (Å²) in [4.78, 5) is 9.13. The van der Waals surface area contributed by atoms with Crippen molar-refractivity contribution in [3.8, 4) is 30.3 Å². The number of benzene rings is 5. The van der Waals surface area contributed by atoms with Gasteiger partial charge >= 0.3 is 0 Å². The highest BCUT2D eigenvalue weighted by atomic mass is 19.3. The lowest BCUT2D eigenvalue weighted by Crippen LogP contribution is -2.09. The number of allylic oxidation sites excluding steroid dienone is 6. The van der Waals surface area contributed by atoms with Crippen molar-refractivity contribution in [2.75, 3.05) is 0 Å². The molecule has 0 saturated heterocycles. The van der Waals surface area contributed by atoms with Gasteiger partial charge in [0, 0.05) is 22.3 Å². The van der Waals surface area contributed by atoms with E-state index in [9.17, 15) is 35.1 Å². The maximum atomic E-state index is 16.1. The van der Waals surface area contributed by atoms with Crippen LogP contribution in [0.4, 0.5) is 49.6 Å². The van der Waals surface area contributed by atoms with Crippen molar-refractivity contribution in [3.05, 3.63) is 202 Å². The van der Waals surface area contributed by atoms with Gasteiger partial charge in [0.2, 0.25) is 11.4 Å². The molecule has 0 spiro atoms. The molecular weight excluding hydrogens is 879 g/mol. The first kappa shape index (κ1) is 44.3. The van der Waals surface area contributed by atoms with Crippen molar-refractivity contribution in [1.29, 1.82) is 26.3 Å². The second-order valence-electron chi connectivity index (χ2n) is 13.9. The molecule has 0 aromatic heterocycles. The Balaban J connectivity index is 1.83. The van der Waals surface area contributed by atoms with Crippen molar-refractivity contribution in [2.24, 2.45) is 0 Å². The highest BCUT2D eigenvalue weighted by molar-refractivity contribution is 6.35. The minimum atomic E-state index is -3.10. The van der Waals surface area contributed by atoms with Crippen LogP contribution in [-0.4, -0.2) is 0 Å². The highest BCUT2D eigenvalue weighted by Crippen LogP contribution is 2.60. The Morgan fingerprint density at radius 1 is 0.530 bits per heavy atom. The van der Waals surface area contributed by atoms with E-state index in [1.807, 2.05) is 0 Å². The molecule has 0 aliphatic heterocycles. The van der Waals surface area contributed by atoms with Gasteiger partial charge in [-0.25, -0.2) is 58.4 Å². The molecule has 0 bridgehead atoms. The zero-order chi connectivity index (χ0) is 48.2.